The Morgan fingerprint density at radius 2 is 2.16 bits per heavy atom. The number of nitrogens with zero attached hydrogens (tertiary/aromatic N) is 2. The summed E-state index contributed by atoms with van der Waals surface area (Å²) in [5.74, 6) is -1.26. The lowest BCUT2D eigenvalue weighted by atomic mass is 10.2. The second-order valence-corrected chi connectivity index (χ2v) is 4.61. The molecule has 98 valence electrons. The predicted octanol–water partition coefficient (Wildman–Crippen LogP) is 1.83. The molecule has 8 heteroatoms. The summed E-state index contributed by atoms with van der Waals surface area (Å²) < 4.78 is 0.608. The van der Waals surface area contributed by atoms with E-state index in [0.29, 0.717) is 10.3 Å². The van der Waals surface area contributed by atoms with Gasteiger partial charge in [0.2, 0.25) is 5.82 Å². The molecule has 0 saturated heterocycles. The Morgan fingerprint density at radius 1 is 1.42 bits per heavy atom. The molecular formula is C11H9BrN4O3. The van der Waals surface area contributed by atoms with Gasteiger partial charge in [0.1, 0.15) is 5.82 Å². The van der Waals surface area contributed by atoms with E-state index in [9.17, 15) is 9.59 Å². The summed E-state index contributed by atoms with van der Waals surface area (Å²) in [5, 5.41) is 17.8. The van der Waals surface area contributed by atoms with Gasteiger partial charge in [-0.3, -0.25) is 9.89 Å². The third kappa shape index (κ3) is 2.97. The van der Waals surface area contributed by atoms with E-state index in [-0.39, 0.29) is 17.1 Å². The Morgan fingerprint density at radius 3 is 2.74 bits per heavy atom. The number of hydrogen-bond donors (Lipinski definition) is 3. The van der Waals surface area contributed by atoms with Crippen LogP contribution in [0, 0.1) is 6.92 Å². The van der Waals surface area contributed by atoms with Crippen LogP contribution in [0.25, 0.3) is 0 Å². The first-order valence-electron chi connectivity index (χ1n) is 5.20. The molecule has 7 nitrogen and oxygen atoms in total. The highest BCUT2D eigenvalue weighted by Crippen LogP contribution is 2.21. The zero-order valence-corrected chi connectivity index (χ0v) is 11.4. The Labute approximate surface area is 116 Å². The van der Waals surface area contributed by atoms with Crippen molar-refractivity contribution in [3.63, 3.8) is 0 Å². The van der Waals surface area contributed by atoms with Crippen LogP contribution in [-0.2, 0) is 0 Å². The number of benzene rings is 1. The third-order valence-corrected chi connectivity index (χ3v) is 2.75. The lowest BCUT2D eigenvalue weighted by molar-refractivity contribution is 0.0698. The van der Waals surface area contributed by atoms with Crippen molar-refractivity contribution in [3.8, 4) is 0 Å². The summed E-state index contributed by atoms with van der Waals surface area (Å²) >= 11 is 3.17. The second kappa shape index (κ2) is 5.19. The standard InChI is InChI=1S/C11H9BrN4O3/c1-5-13-9(16-15-5)10(17)14-8-3-2-6(12)4-7(8)11(18)19/h2-4H,1H3,(H,14,17)(H,18,19)(H,13,15,16). The van der Waals surface area contributed by atoms with Gasteiger partial charge in [-0.05, 0) is 25.1 Å². The van der Waals surface area contributed by atoms with Gasteiger partial charge in [0.15, 0.2) is 0 Å². The summed E-state index contributed by atoms with van der Waals surface area (Å²) in [7, 11) is 0. The molecule has 2 rings (SSSR count). The number of aromatic nitrogens is 3. The summed E-state index contributed by atoms with van der Waals surface area (Å²) in [5.41, 5.74) is 0.165. The molecule has 0 radical (unpaired) electrons. The number of aromatic carboxylic acids is 1. The largest absolute Gasteiger partial charge is 0.478 e. The monoisotopic (exact) mass is 324 g/mol. The van der Waals surface area contributed by atoms with E-state index in [2.05, 4.69) is 36.4 Å². The van der Waals surface area contributed by atoms with E-state index in [1.54, 1.807) is 13.0 Å². The minimum atomic E-state index is -1.14. The number of amides is 1. The van der Waals surface area contributed by atoms with Crippen molar-refractivity contribution in [1.29, 1.82) is 0 Å². The van der Waals surface area contributed by atoms with Gasteiger partial charge in [-0.25, -0.2) is 9.78 Å². The number of H-pyrrole nitrogens is 1. The Bertz CT molecular complexity index is 653. The van der Waals surface area contributed by atoms with Crippen LogP contribution in [0.1, 0.15) is 26.8 Å². The molecule has 1 amide bonds. The molecule has 0 bridgehead atoms. The lowest BCUT2D eigenvalue weighted by Crippen LogP contribution is -2.16. The highest BCUT2D eigenvalue weighted by molar-refractivity contribution is 9.10. The quantitative estimate of drug-likeness (QED) is 0.798. The molecule has 2 aromatic rings. The fourth-order valence-corrected chi connectivity index (χ4v) is 1.79. The summed E-state index contributed by atoms with van der Waals surface area (Å²) in [6.45, 7) is 1.66. The van der Waals surface area contributed by atoms with Crippen molar-refractivity contribution >= 4 is 33.5 Å². The van der Waals surface area contributed by atoms with Crippen molar-refractivity contribution in [2.45, 2.75) is 6.92 Å². The highest BCUT2D eigenvalue weighted by atomic mass is 79.9. The van der Waals surface area contributed by atoms with E-state index < -0.39 is 11.9 Å². The molecule has 0 aliphatic carbocycles. The number of carbonyl (C=O) groups is 2. The van der Waals surface area contributed by atoms with Crippen LogP contribution in [0.15, 0.2) is 22.7 Å². The van der Waals surface area contributed by atoms with Gasteiger partial charge in [0, 0.05) is 4.47 Å². The first kappa shape index (κ1) is 13.2. The fourth-order valence-electron chi connectivity index (χ4n) is 1.42. The molecule has 1 aromatic heterocycles. The Hall–Kier alpha value is -2.22. The minimum Gasteiger partial charge on any atom is -0.478 e. The van der Waals surface area contributed by atoms with Crippen LogP contribution < -0.4 is 5.32 Å². The van der Waals surface area contributed by atoms with Gasteiger partial charge in [-0.1, -0.05) is 15.9 Å². The van der Waals surface area contributed by atoms with Gasteiger partial charge in [0.05, 0.1) is 11.3 Å². The molecule has 0 aliphatic rings. The third-order valence-electron chi connectivity index (χ3n) is 2.26. The number of halogens is 1. The molecule has 1 heterocycles. The number of carboxylic acids is 1. The van der Waals surface area contributed by atoms with Crippen LogP contribution in [0.5, 0.6) is 0 Å². The fraction of sp³-hybridized carbons (Fsp3) is 0.0909. The second-order valence-electron chi connectivity index (χ2n) is 3.69. The maximum Gasteiger partial charge on any atom is 0.337 e. The Kier molecular flexibility index (Phi) is 3.61. The number of carbonyl (C=O) groups excluding carboxylic acids is 1. The van der Waals surface area contributed by atoms with Gasteiger partial charge >= 0.3 is 5.97 Å². The summed E-state index contributed by atoms with van der Waals surface area (Å²) in [6, 6.07) is 4.53. The number of rotatable bonds is 3. The molecule has 3 N–H and O–H groups in total. The van der Waals surface area contributed by atoms with Gasteiger partial charge in [0.25, 0.3) is 5.91 Å². The van der Waals surface area contributed by atoms with E-state index in [1.165, 1.54) is 12.1 Å². The van der Waals surface area contributed by atoms with Crippen LogP contribution in [0.4, 0.5) is 5.69 Å². The predicted molar refractivity (Wildman–Crippen MR) is 70.2 cm³/mol. The number of carboxylic acid groups (broad SMARTS) is 1. The Balaban J connectivity index is 2.28. The first-order chi connectivity index (χ1) is 8.97. The van der Waals surface area contributed by atoms with Gasteiger partial charge < -0.3 is 10.4 Å². The molecule has 0 spiro atoms. The SMILES string of the molecule is Cc1nc(C(=O)Nc2ccc(Br)cc2C(=O)O)n[nH]1. The van der Waals surface area contributed by atoms with Crippen molar-refractivity contribution in [2.75, 3.05) is 5.32 Å². The molecule has 0 aliphatic heterocycles. The molecule has 0 fully saturated rings. The van der Waals surface area contributed by atoms with Crippen molar-refractivity contribution in [3.05, 3.63) is 39.9 Å². The van der Waals surface area contributed by atoms with Crippen LogP contribution >= 0.6 is 15.9 Å². The maximum absolute atomic E-state index is 11.8. The molecule has 1 aromatic carbocycles. The van der Waals surface area contributed by atoms with Gasteiger partial charge in [-0.2, -0.15) is 0 Å². The summed E-state index contributed by atoms with van der Waals surface area (Å²) in [4.78, 5) is 26.8. The highest BCUT2D eigenvalue weighted by Gasteiger charge is 2.16. The normalized spacial score (nSPS) is 10.2. The van der Waals surface area contributed by atoms with E-state index >= 15 is 0 Å². The van der Waals surface area contributed by atoms with Crippen LogP contribution in [0.2, 0.25) is 0 Å². The average molecular weight is 325 g/mol. The molecule has 0 atom stereocenters. The maximum atomic E-state index is 11.8. The van der Waals surface area contributed by atoms with Crippen molar-refractivity contribution < 1.29 is 14.7 Å². The number of aromatic amines is 1. The van der Waals surface area contributed by atoms with Crippen molar-refractivity contribution in [1.82, 2.24) is 15.2 Å². The number of hydrogen-bond acceptors (Lipinski definition) is 4. The number of aryl methyl sites for hydroxylation is 1. The van der Waals surface area contributed by atoms with E-state index in [1.807, 2.05) is 0 Å². The zero-order chi connectivity index (χ0) is 14.0. The molecular weight excluding hydrogens is 316 g/mol. The van der Waals surface area contributed by atoms with Crippen LogP contribution in [-0.4, -0.2) is 32.2 Å². The number of nitrogens with one attached hydrogen (secondary N) is 2. The minimum absolute atomic E-state index is 0.0185. The summed E-state index contributed by atoms with van der Waals surface area (Å²) in [6.07, 6.45) is 0. The zero-order valence-electron chi connectivity index (χ0n) is 9.77. The lowest BCUT2D eigenvalue weighted by Gasteiger charge is -2.07. The molecule has 0 saturated carbocycles. The smallest absolute Gasteiger partial charge is 0.337 e. The first-order valence-corrected chi connectivity index (χ1v) is 6.00. The van der Waals surface area contributed by atoms with E-state index in [0.717, 1.165) is 0 Å². The molecule has 0 unspecified atom stereocenters. The molecule has 19 heavy (non-hydrogen) atoms. The van der Waals surface area contributed by atoms with Crippen molar-refractivity contribution in [2.24, 2.45) is 0 Å². The topological polar surface area (TPSA) is 108 Å². The average Bonchev–Trinajstić information content (AvgIpc) is 2.78. The number of anilines is 1. The van der Waals surface area contributed by atoms with Gasteiger partial charge in [-0.15, -0.1) is 5.10 Å². The van der Waals surface area contributed by atoms with E-state index in [4.69, 9.17) is 5.11 Å². The van der Waals surface area contributed by atoms with Crippen LogP contribution in [0.3, 0.4) is 0 Å².